The number of benzene rings is 2. The maximum Gasteiger partial charge on any atom is 0.375 e. The van der Waals surface area contributed by atoms with Gasteiger partial charge in [0, 0.05) is 22.0 Å². The zero-order valence-corrected chi connectivity index (χ0v) is 15.0. The van der Waals surface area contributed by atoms with Crippen molar-refractivity contribution in [1.82, 2.24) is 0 Å². The summed E-state index contributed by atoms with van der Waals surface area (Å²) in [4.78, 5) is 36.9. The van der Waals surface area contributed by atoms with Crippen LogP contribution in [0.4, 0.5) is 0 Å². The van der Waals surface area contributed by atoms with Gasteiger partial charge in [-0.05, 0) is 24.6 Å². The molecule has 0 aromatic heterocycles. The van der Waals surface area contributed by atoms with Gasteiger partial charge in [-0.15, -0.1) is 0 Å². The molecule has 0 aliphatic rings. The van der Waals surface area contributed by atoms with E-state index in [-0.39, 0.29) is 23.8 Å². The standard InChI is InChI=1S/C19H16Cl2O4/c1-2-25-19(24)18(23)15(14-9-8-13(20)10-16(14)21)11-17(22)12-6-4-3-5-7-12/h3-10,15H,2,11H2,1H3. The van der Waals surface area contributed by atoms with E-state index in [0.717, 1.165) is 0 Å². The second kappa shape index (κ2) is 8.79. The average molecular weight is 379 g/mol. The van der Waals surface area contributed by atoms with E-state index >= 15 is 0 Å². The second-order valence-corrected chi connectivity index (χ2v) is 6.14. The van der Waals surface area contributed by atoms with E-state index in [9.17, 15) is 14.4 Å². The molecule has 0 aliphatic heterocycles. The summed E-state index contributed by atoms with van der Waals surface area (Å²) in [5.74, 6) is -3.10. The van der Waals surface area contributed by atoms with E-state index < -0.39 is 17.7 Å². The molecule has 2 aromatic rings. The summed E-state index contributed by atoms with van der Waals surface area (Å²) in [7, 11) is 0. The molecule has 4 nitrogen and oxygen atoms in total. The van der Waals surface area contributed by atoms with E-state index in [4.69, 9.17) is 27.9 Å². The summed E-state index contributed by atoms with van der Waals surface area (Å²) in [5, 5.41) is 0.612. The van der Waals surface area contributed by atoms with Crippen molar-refractivity contribution in [3.05, 3.63) is 69.7 Å². The number of ketones is 2. The first-order chi connectivity index (χ1) is 11.9. The number of halogens is 2. The molecule has 2 rings (SSSR count). The molecule has 0 fully saturated rings. The fourth-order valence-electron chi connectivity index (χ4n) is 2.40. The van der Waals surface area contributed by atoms with Crippen LogP contribution >= 0.6 is 23.2 Å². The van der Waals surface area contributed by atoms with Crippen LogP contribution in [0.2, 0.25) is 10.0 Å². The molecule has 25 heavy (non-hydrogen) atoms. The maximum absolute atomic E-state index is 12.5. The molecule has 0 amide bonds. The Morgan fingerprint density at radius 3 is 2.32 bits per heavy atom. The van der Waals surface area contributed by atoms with Crippen LogP contribution in [-0.2, 0) is 14.3 Å². The Labute approximate surface area is 155 Å². The van der Waals surface area contributed by atoms with Crippen LogP contribution in [0.3, 0.4) is 0 Å². The fraction of sp³-hybridized carbons (Fsp3) is 0.211. The van der Waals surface area contributed by atoms with Crippen LogP contribution in [0.5, 0.6) is 0 Å². The maximum atomic E-state index is 12.5. The lowest BCUT2D eigenvalue weighted by molar-refractivity contribution is -0.154. The zero-order valence-electron chi connectivity index (χ0n) is 13.5. The number of esters is 1. The summed E-state index contributed by atoms with van der Waals surface area (Å²) >= 11 is 12.1. The van der Waals surface area contributed by atoms with E-state index in [1.54, 1.807) is 49.4 Å². The minimum atomic E-state index is -1.03. The van der Waals surface area contributed by atoms with Gasteiger partial charge < -0.3 is 4.74 Å². The number of hydrogen-bond donors (Lipinski definition) is 0. The molecule has 0 heterocycles. The fourth-order valence-corrected chi connectivity index (χ4v) is 2.94. The van der Waals surface area contributed by atoms with Crippen molar-refractivity contribution in [2.24, 2.45) is 0 Å². The predicted octanol–water partition coefficient (Wildman–Crippen LogP) is 4.48. The topological polar surface area (TPSA) is 60.4 Å². The van der Waals surface area contributed by atoms with Crippen LogP contribution in [0.15, 0.2) is 48.5 Å². The lowest BCUT2D eigenvalue weighted by Crippen LogP contribution is -2.26. The molecular weight excluding hydrogens is 363 g/mol. The lowest BCUT2D eigenvalue weighted by atomic mass is 9.88. The van der Waals surface area contributed by atoms with Crippen LogP contribution in [0.1, 0.15) is 35.2 Å². The summed E-state index contributed by atoms with van der Waals surface area (Å²) in [6, 6.07) is 13.1. The first-order valence-corrected chi connectivity index (χ1v) is 8.43. The van der Waals surface area contributed by atoms with Crippen molar-refractivity contribution >= 4 is 40.7 Å². The van der Waals surface area contributed by atoms with Crippen molar-refractivity contribution in [3.8, 4) is 0 Å². The quantitative estimate of drug-likeness (QED) is 0.404. The van der Waals surface area contributed by atoms with Crippen LogP contribution in [0.25, 0.3) is 0 Å². The smallest absolute Gasteiger partial charge is 0.375 e. The average Bonchev–Trinajstić information content (AvgIpc) is 2.60. The monoisotopic (exact) mass is 378 g/mol. The molecule has 0 spiro atoms. The Balaban J connectivity index is 2.36. The zero-order chi connectivity index (χ0) is 18.4. The summed E-state index contributed by atoms with van der Waals surface area (Å²) in [6.07, 6.45) is -0.191. The Hall–Kier alpha value is -2.17. The molecule has 1 unspecified atom stereocenters. The SMILES string of the molecule is CCOC(=O)C(=O)C(CC(=O)c1ccccc1)c1ccc(Cl)cc1Cl. The number of hydrogen-bond acceptors (Lipinski definition) is 4. The van der Waals surface area contributed by atoms with Gasteiger partial charge in [-0.1, -0.05) is 59.6 Å². The highest BCUT2D eigenvalue weighted by molar-refractivity contribution is 6.38. The Kier molecular flexibility index (Phi) is 6.73. The minimum absolute atomic E-state index is 0.0677. The lowest BCUT2D eigenvalue weighted by Gasteiger charge is -2.16. The van der Waals surface area contributed by atoms with Gasteiger partial charge in [-0.2, -0.15) is 0 Å². The van der Waals surface area contributed by atoms with E-state index in [1.165, 1.54) is 6.07 Å². The van der Waals surface area contributed by atoms with E-state index in [0.29, 0.717) is 16.1 Å². The number of carbonyl (C=O) groups excluding carboxylic acids is 3. The normalized spacial score (nSPS) is 11.6. The molecule has 0 aliphatic carbocycles. The van der Waals surface area contributed by atoms with Crippen molar-refractivity contribution in [2.75, 3.05) is 6.61 Å². The summed E-state index contributed by atoms with van der Waals surface area (Å²) in [5.41, 5.74) is 0.822. The molecule has 0 saturated carbocycles. The molecular formula is C19H16Cl2O4. The third kappa shape index (κ3) is 4.91. The predicted molar refractivity (Wildman–Crippen MR) is 96.2 cm³/mol. The van der Waals surface area contributed by atoms with Gasteiger partial charge in [0.05, 0.1) is 12.5 Å². The molecule has 0 bridgehead atoms. The minimum Gasteiger partial charge on any atom is -0.460 e. The van der Waals surface area contributed by atoms with Crippen LogP contribution in [-0.4, -0.2) is 24.1 Å². The summed E-state index contributed by atoms with van der Waals surface area (Å²) in [6.45, 7) is 1.67. The van der Waals surface area contributed by atoms with Gasteiger partial charge in [0.1, 0.15) is 0 Å². The first-order valence-electron chi connectivity index (χ1n) is 7.68. The number of rotatable bonds is 7. The molecule has 130 valence electrons. The summed E-state index contributed by atoms with van der Waals surface area (Å²) < 4.78 is 4.79. The van der Waals surface area contributed by atoms with Gasteiger partial charge in [-0.3, -0.25) is 9.59 Å². The van der Waals surface area contributed by atoms with Gasteiger partial charge >= 0.3 is 5.97 Å². The Morgan fingerprint density at radius 1 is 1.04 bits per heavy atom. The van der Waals surface area contributed by atoms with Crippen LogP contribution < -0.4 is 0 Å². The highest BCUT2D eigenvalue weighted by Gasteiger charge is 2.31. The number of carbonyl (C=O) groups is 3. The largest absolute Gasteiger partial charge is 0.460 e. The van der Waals surface area contributed by atoms with E-state index in [1.807, 2.05) is 0 Å². The Bertz CT molecular complexity index is 787. The van der Waals surface area contributed by atoms with Gasteiger partial charge in [-0.25, -0.2) is 4.79 Å². The molecule has 1 atom stereocenters. The molecule has 2 aromatic carbocycles. The van der Waals surface area contributed by atoms with Crippen molar-refractivity contribution < 1.29 is 19.1 Å². The first kappa shape index (κ1) is 19.2. The van der Waals surface area contributed by atoms with Gasteiger partial charge in [0.2, 0.25) is 5.78 Å². The van der Waals surface area contributed by atoms with Gasteiger partial charge in [0.25, 0.3) is 0 Å². The molecule has 0 saturated heterocycles. The number of ether oxygens (including phenoxy) is 1. The second-order valence-electron chi connectivity index (χ2n) is 5.30. The highest BCUT2D eigenvalue weighted by Crippen LogP contribution is 2.31. The van der Waals surface area contributed by atoms with Crippen molar-refractivity contribution in [2.45, 2.75) is 19.3 Å². The molecule has 6 heteroatoms. The third-order valence-electron chi connectivity index (χ3n) is 3.62. The third-order valence-corrected chi connectivity index (χ3v) is 4.18. The number of Topliss-reactive ketones (excluding diaryl/α,β-unsaturated/α-hetero) is 2. The molecule has 0 N–H and O–H groups in total. The van der Waals surface area contributed by atoms with Crippen LogP contribution in [0, 0.1) is 0 Å². The van der Waals surface area contributed by atoms with Gasteiger partial charge in [0.15, 0.2) is 5.78 Å². The highest BCUT2D eigenvalue weighted by atomic mass is 35.5. The Morgan fingerprint density at radius 2 is 1.72 bits per heavy atom. The van der Waals surface area contributed by atoms with Crippen molar-refractivity contribution in [3.63, 3.8) is 0 Å². The van der Waals surface area contributed by atoms with Crippen molar-refractivity contribution in [1.29, 1.82) is 0 Å². The molecule has 0 radical (unpaired) electrons. The van der Waals surface area contributed by atoms with E-state index in [2.05, 4.69) is 0 Å².